The smallest absolute Gasteiger partial charge is 0.336 e. The van der Waals surface area contributed by atoms with Crippen LogP contribution in [0.5, 0.6) is 0 Å². The SMILES string of the molecule is CCCOC(C#N)=C(CC)C(=O)O. The molecule has 0 aromatic heterocycles. The Morgan fingerprint density at radius 2 is 2.15 bits per heavy atom. The van der Waals surface area contributed by atoms with Gasteiger partial charge in [-0.2, -0.15) is 5.26 Å². The predicted molar refractivity (Wildman–Crippen MR) is 46.8 cm³/mol. The molecule has 72 valence electrons. The molecule has 4 heteroatoms. The average Bonchev–Trinajstić information content (AvgIpc) is 2.11. The molecule has 0 rings (SSSR count). The molecule has 0 unspecified atom stereocenters. The van der Waals surface area contributed by atoms with Crippen LogP contribution in [0.4, 0.5) is 0 Å². The van der Waals surface area contributed by atoms with Gasteiger partial charge in [0.25, 0.3) is 0 Å². The number of hydrogen-bond acceptors (Lipinski definition) is 3. The maximum Gasteiger partial charge on any atom is 0.336 e. The highest BCUT2D eigenvalue weighted by Gasteiger charge is 2.13. The second kappa shape index (κ2) is 6.06. The number of allylic oxidation sites excluding steroid dienone is 1. The summed E-state index contributed by atoms with van der Waals surface area (Å²) in [4.78, 5) is 10.6. The normalized spacial score (nSPS) is 11.5. The number of hydrogen-bond donors (Lipinski definition) is 1. The lowest BCUT2D eigenvalue weighted by atomic mass is 10.2. The molecular weight excluding hydrogens is 170 g/mol. The second-order valence-corrected chi connectivity index (χ2v) is 2.43. The van der Waals surface area contributed by atoms with E-state index in [4.69, 9.17) is 15.1 Å². The third kappa shape index (κ3) is 3.61. The van der Waals surface area contributed by atoms with Gasteiger partial charge in [-0.05, 0) is 12.8 Å². The Balaban J connectivity index is 4.65. The summed E-state index contributed by atoms with van der Waals surface area (Å²) in [6.45, 7) is 3.94. The monoisotopic (exact) mass is 183 g/mol. The zero-order valence-corrected chi connectivity index (χ0v) is 7.83. The summed E-state index contributed by atoms with van der Waals surface area (Å²) < 4.78 is 4.99. The highest BCUT2D eigenvalue weighted by atomic mass is 16.5. The van der Waals surface area contributed by atoms with Crippen molar-refractivity contribution >= 4 is 5.97 Å². The Bertz CT molecular complexity index is 250. The summed E-state index contributed by atoms with van der Waals surface area (Å²) in [5.74, 6) is -1.16. The van der Waals surface area contributed by atoms with Crippen molar-refractivity contribution in [1.82, 2.24) is 0 Å². The fourth-order valence-electron chi connectivity index (χ4n) is 0.800. The lowest BCUT2D eigenvalue weighted by molar-refractivity contribution is -0.133. The topological polar surface area (TPSA) is 70.3 Å². The van der Waals surface area contributed by atoms with Crippen molar-refractivity contribution in [3.8, 4) is 6.07 Å². The van der Waals surface area contributed by atoms with E-state index in [-0.39, 0.29) is 11.3 Å². The van der Waals surface area contributed by atoms with Gasteiger partial charge in [-0.3, -0.25) is 0 Å². The molecular formula is C9H13NO3. The van der Waals surface area contributed by atoms with Crippen LogP contribution in [0.15, 0.2) is 11.3 Å². The average molecular weight is 183 g/mol. The molecule has 0 saturated heterocycles. The Hall–Kier alpha value is -1.50. The zero-order valence-electron chi connectivity index (χ0n) is 7.83. The first kappa shape index (κ1) is 11.5. The van der Waals surface area contributed by atoms with Crippen LogP contribution in [-0.4, -0.2) is 17.7 Å². The first-order valence-electron chi connectivity index (χ1n) is 4.16. The van der Waals surface area contributed by atoms with Crippen molar-refractivity contribution in [1.29, 1.82) is 5.26 Å². The molecule has 0 aliphatic carbocycles. The number of nitrogens with zero attached hydrogens (tertiary/aromatic N) is 1. The first-order valence-corrected chi connectivity index (χ1v) is 4.16. The van der Waals surface area contributed by atoms with Crippen LogP contribution < -0.4 is 0 Å². The fraction of sp³-hybridized carbons (Fsp3) is 0.556. The summed E-state index contributed by atoms with van der Waals surface area (Å²) in [6, 6.07) is 1.75. The van der Waals surface area contributed by atoms with E-state index >= 15 is 0 Å². The van der Waals surface area contributed by atoms with Crippen LogP contribution >= 0.6 is 0 Å². The number of carbonyl (C=O) groups is 1. The van der Waals surface area contributed by atoms with Gasteiger partial charge in [0.15, 0.2) is 0 Å². The maximum absolute atomic E-state index is 10.6. The number of carboxylic acid groups (broad SMARTS) is 1. The van der Waals surface area contributed by atoms with Crippen LogP contribution in [0.3, 0.4) is 0 Å². The molecule has 0 aromatic carbocycles. The van der Waals surface area contributed by atoms with E-state index in [2.05, 4.69) is 0 Å². The van der Waals surface area contributed by atoms with Crippen LogP contribution in [0, 0.1) is 11.3 Å². The lowest BCUT2D eigenvalue weighted by Gasteiger charge is -2.05. The van der Waals surface area contributed by atoms with E-state index in [0.717, 1.165) is 6.42 Å². The number of ether oxygens (including phenoxy) is 1. The van der Waals surface area contributed by atoms with Gasteiger partial charge in [-0.25, -0.2) is 4.79 Å². The van der Waals surface area contributed by atoms with Gasteiger partial charge in [-0.15, -0.1) is 0 Å². The minimum atomic E-state index is -1.09. The van der Waals surface area contributed by atoms with Crippen molar-refractivity contribution < 1.29 is 14.6 Å². The van der Waals surface area contributed by atoms with Crippen molar-refractivity contribution in [2.24, 2.45) is 0 Å². The highest BCUT2D eigenvalue weighted by molar-refractivity contribution is 5.87. The van der Waals surface area contributed by atoms with Gasteiger partial charge in [0.1, 0.15) is 6.07 Å². The van der Waals surface area contributed by atoms with Gasteiger partial charge in [-0.1, -0.05) is 13.8 Å². The molecule has 0 amide bonds. The molecule has 0 fully saturated rings. The summed E-state index contributed by atoms with van der Waals surface area (Å²) >= 11 is 0. The maximum atomic E-state index is 10.6. The second-order valence-electron chi connectivity index (χ2n) is 2.43. The Kier molecular flexibility index (Phi) is 5.37. The lowest BCUT2D eigenvalue weighted by Crippen LogP contribution is -2.05. The molecule has 1 N–H and O–H groups in total. The molecule has 0 spiro atoms. The summed E-state index contributed by atoms with van der Waals surface area (Å²) in [5.41, 5.74) is 0.0379. The van der Waals surface area contributed by atoms with Crippen molar-refractivity contribution in [3.63, 3.8) is 0 Å². The molecule has 13 heavy (non-hydrogen) atoms. The first-order chi connectivity index (χ1) is 6.17. The molecule has 0 bridgehead atoms. The largest absolute Gasteiger partial charge is 0.483 e. The number of rotatable bonds is 5. The molecule has 0 aliphatic rings. The zero-order chi connectivity index (χ0) is 10.3. The molecule has 0 aliphatic heterocycles. The van der Waals surface area contributed by atoms with Crippen molar-refractivity contribution in [2.75, 3.05) is 6.61 Å². The van der Waals surface area contributed by atoms with Gasteiger partial charge >= 0.3 is 5.97 Å². The number of nitriles is 1. The molecule has 0 heterocycles. The van der Waals surface area contributed by atoms with Crippen LogP contribution in [0.1, 0.15) is 26.7 Å². The molecule has 0 atom stereocenters. The Morgan fingerprint density at radius 1 is 1.54 bits per heavy atom. The molecule has 0 radical (unpaired) electrons. The van der Waals surface area contributed by atoms with E-state index in [1.54, 1.807) is 13.0 Å². The quantitative estimate of drug-likeness (QED) is 0.400. The highest BCUT2D eigenvalue weighted by Crippen LogP contribution is 2.10. The van der Waals surface area contributed by atoms with Gasteiger partial charge in [0, 0.05) is 0 Å². The van der Waals surface area contributed by atoms with Crippen LogP contribution in [-0.2, 0) is 9.53 Å². The van der Waals surface area contributed by atoms with Crippen LogP contribution in [0.2, 0.25) is 0 Å². The number of aliphatic carboxylic acids is 1. The molecule has 4 nitrogen and oxygen atoms in total. The Morgan fingerprint density at radius 3 is 2.46 bits per heavy atom. The minimum absolute atomic E-state index is 0.0379. The van der Waals surface area contributed by atoms with E-state index in [1.165, 1.54) is 0 Å². The van der Waals surface area contributed by atoms with E-state index in [0.29, 0.717) is 13.0 Å². The molecule has 0 saturated carbocycles. The summed E-state index contributed by atoms with van der Waals surface area (Å²) in [7, 11) is 0. The van der Waals surface area contributed by atoms with Crippen molar-refractivity contribution in [3.05, 3.63) is 11.3 Å². The summed E-state index contributed by atoms with van der Waals surface area (Å²) in [6.07, 6.45) is 1.05. The minimum Gasteiger partial charge on any atom is -0.483 e. The predicted octanol–water partition coefficient (Wildman–Crippen LogP) is 1.69. The standard InChI is InChI=1S/C9H13NO3/c1-3-5-13-8(6-10)7(4-2)9(11)12/h3-5H2,1-2H3,(H,11,12). The van der Waals surface area contributed by atoms with Gasteiger partial charge in [0.2, 0.25) is 5.76 Å². The third-order valence-corrected chi connectivity index (χ3v) is 1.44. The fourth-order valence-corrected chi connectivity index (χ4v) is 0.800. The van der Waals surface area contributed by atoms with Crippen LogP contribution in [0.25, 0.3) is 0 Å². The van der Waals surface area contributed by atoms with E-state index in [9.17, 15) is 4.79 Å². The van der Waals surface area contributed by atoms with E-state index in [1.807, 2.05) is 6.92 Å². The molecule has 0 aromatic rings. The Labute approximate surface area is 77.4 Å². The summed E-state index contributed by atoms with van der Waals surface area (Å²) in [5, 5.41) is 17.3. The number of carboxylic acids is 1. The van der Waals surface area contributed by atoms with E-state index < -0.39 is 5.97 Å². The third-order valence-electron chi connectivity index (χ3n) is 1.44. The van der Waals surface area contributed by atoms with Gasteiger partial charge in [0.05, 0.1) is 12.2 Å². The van der Waals surface area contributed by atoms with Crippen molar-refractivity contribution in [2.45, 2.75) is 26.7 Å². The van der Waals surface area contributed by atoms with Gasteiger partial charge < -0.3 is 9.84 Å².